The van der Waals surface area contributed by atoms with E-state index in [1.54, 1.807) is 42.5 Å². The number of carbonyl (C=O) groups excluding carboxylic acids is 1. The average Bonchev–Trinajstić information content (AvgIpc) is 3.33. The topological polar surface area (TPSA) is 54.1 Å². The molecule has 0 fully saturated rings. The van der Waals surface area contributed by atoms with Crippen LogP contribution in [0.2, 0.25) is 0 Å². The van der Waals surface area contributed by atoms with E-state index in [0.717, 1.165) is 0 Å². The fraction of sp³-hybridized carbons (Fsp3) is 0.125. The van der Waals surface area contributed by atoms with Crippen LogP contribution in [0.15, 0.2) is 60.7 Å². The summed E-state index contributed by atoms with van der Waals surface area (Å²) in [5.41, 5.74) is -0.795. The van der Waals surface area contributed by atoms with Crippen molar-refractivity contribution in [2.45, 2.75) is 19.0 Å². The van der Waals surface area contributed by atoms with Crippen LogP contribution >= 0.6 is 0 Å². The highest BCUT2D eigenvalue weighted by molar-refractivity contribution is 6.04. The molecule has 174 valence electrons. The standard InChI is InChI=1S/C24H14F6N2O2/c25-23(26,27)14-8-15(24(28,29)30)10-16(9-14)31-21-19-4-2-1-3-18(19)20(32-21)12-5-6-17-13(7-12)11-34-22(17)33/h1-10,31-32H,11H2. The van der Waals surface area contributed by atoms with Crippen molar-refractivity contribution in [3.05, 3.63) is 82.9 Å². The number of aromatic amines is 1. The summed E-state index contributed by atoms with van der Waals surface area (Å²) in [6.07, 6.45) is -9.91. The van der Waals surface area contributed by atoms with Crippen molar-refractivity contribution in [3.63, 3.8) is 0 Å². The van der Waals surface area contributed by atoms with Crippen LogP contribution < -0.4 is 5.32 Å². The molecule has 1 aliphatic rings. The first kappa shape index (κ1) is 21.9. The van der Waals surface area contributed by atoms with Gasteiger partial charge in [0.1, 0.15) is 12.4 Å². The average molecular weight is 476 g/mol. The molecule has 2 heterocycles. The van der Waals surface area contributed by atoms with Gasteiger partial charge in [0, 0.05) is 22.0 Å². The molecule has 5 rings (SSSR count). The Morgan fingerprint density at radius 2 is 1.47 bits per heavy atom. The summed E-state index contributed by atoms with van der Waals surface area (Å²) in [5.74, 6) is -0.198. The lowest BCUT2D eigenvalue weighted by molar-refractivity contribution is -0.143. The molecule has 1 aliphatic heterocycles. The van der Waals surface area contributed by atoms with Crippen LogP contribution in [0.1, 0.15) is 27.0 Å². The van der Waals surface area contributed by atoms with Crippen molar-refractivity contribution in [2.75, 3.05) is 5.32 Å². The van der Waals surface area contributed by atoms with E-state index >= 15 is 0 Å². The molecule has 0 amide bonds. The fourth-order valence-electron chi connectivity index (χ4n) is 3.97. The lowest BCUT2D eigenvalue weighted by Gasteiger charge is -2.15. The first-order chi connectivity index (χ1) is 16.0. The Morgan fingerprint density at radius 1 is 0.824 bits per heavy atom. The van der Waals surface area contributed by atoms with Crippen molar-refractivity contribution < 1.29 is 35.9 Å². The van der Waals surface area contributed by atoms with Crippen LogP contribution in [-0.4, -0.2) is 11.0 Å². The summed E-state index contributed by atoms with van der Waals surface area (Å²) in [5, 5.41) is 3.95. The second-order valence-electron chi connectivity index (χ2n) is 7.79. The number of halogens is 6. The maximum Gasteiger partial charge on any atom is 0.416 e. The Morgan fingerprint density at radius 3 is 2.12 bits per heavy atom. The minimum Gasteiger partial charge on any atom is -0.457 e. The molecule has 0 saturated carbocycles. The number of hydrogen-bond donors (Lipinski definition) is 2. The number of nitrogens with one attached hydrogen (secondary N) is 2. The van der Waals surface area contributed by atoms with Gasteiger partial charge >= 0.3 is 18.3 Å². The molecular weight excluding hydrogens is 462 g/mol. The van der Waals surface area contributed by atoms with E-state index in [1.807, 2.05) is 0 Å². The van der Waals surface area contributed by atoms with Gasteiger partial charge in [0.15, 0.2) is 0 Å². The van der Waals surface area contributed by atoms with E-state index in [4.69, 9.17) is 4.74 Å². The van der Waals surface area contributed by atoms with Crippen molar-refractivity contribution in [1.29, 1.82) is 0 Å². The Kier molecular flexibility index (Phi) is 4.85. The number of fused-ring (bicyclic) bond motifs is 2. The normalized spacial score (nSPS) is 13.8. The maximum absolute atomic E-state index is 13.3. The first-order valence-electron chi connectivity index (χ1n) is 9.98. The number of benzene rings is 3. The van der Waals surface area contributed by atoms with Gasteiger partial charge in [-0.25, -0.2) is 4.79 Å². The minimum absolute atomic E-state index is 0.0807. The fourth-order valence-corrected chi connectivity index (χ4v) is 3.97. The van der Waals surface area contributed by atoms with Gasteiger partial charge in [-0.1, -0.05) is 30.3 Å². The number of H-pyrrole nitrogens is 1. The maximum atomic E-state index is 13.3. The summed E-state index contributed by atoms with van der Waals surface area (Å²) in [6.45, 7) is 0.121. The van der Waals surface area contributed by atoms with Gasteiger partial charge in [-0.2, -0.15) is 26.3 Å². The second kappa shape index (κ2) is 7.54. The molecule has 34 heavy (non-hydrogen) atoms. The van der Waals surface area contributed by atoms with Gasteiger partial charge in [0.25, 0.3) is 0 Å². The zero-order chi connectivity index (χ0) is 24.3. The largest absolute Gasteiger partial charge is 0.457 e. The van der Waals surface area contributed by atoms with Gasteiger partial charge in [0.05, 0.1) is 22.4 Å². The molecule has 0 radical (unpaired) electrons. The molecule has 0 bridgehead atoms. The Labute approximate surface area is 188 Å². The number of aromatic nitrogens is 1. The zero-order valence-electron chi connectivity index (χ0n) is 17.1. The molecule has 0 unspecified atom stereocenters. The van der Waals surface area contributed by atoms with Crippen molar-refractivity contribution >= 4 is 28.2 Å². The predicted molar refractivity (Wildman–Crippen MR) is 113 cm³/mol. The zero-order valence-corrected chi connectivity index (χ0v) is 17.1. The van der Waals surface area contributed by atoms with Crippen molar-refractivity contribution in [2.24, 2.45) is 0 Å². The van der Waals surface area contributed by atoms with Crippen LogP contribution in [0.25, 0.3) is 22.0 Å². The van der Waals surface area contributed by atoms with Crippen LogP contribution in [0.4, 0.5) is 37.8 Å². The Hall–Kier alpha value is -3.95. The molecule has 0 aliphatic carbocycles. The van der Waals surface area contributed by atoms with Crippen LogP contribution in [0.3, 0.4) is 0 Å². The van der Waals surface area contributed by atoms with E-state index in [0.29, 0.717) is 45.3 Å². The minimum atomic E-state index is -4.95. The van der Waals surface area contributed by atoms with Gasteiger partial charge in [0.2, 0.25) is 0 Å². The number of ether oxygens (including phenoxy) is 1. The number of rotatable bonds is 3. The molecule has 0 saturated heterocycles. The quantitative estimate of drug-likeness (QED) is 0.241. The monoisotopic (exact) mass is 476 g/mol. The summed E-state index contributed by atoms with van der Waals surface area (Å²) < 4.78 is 84.5. The number of carbonyl (C=O) groups is 1. The third kappa shape index (κ3) is 3.85. The summed E-state index contributed by atoms with van der Waals surface area (Å²) in [6, 6.07) is 13.3. The lowest BCUT2D eigenvalue weighted by Crippen LogP contribution is -2.11. The highest BCUT2D eigenvalue weighted by Gasteiger charge is 2.37. The smallest absolute Gasteiger partial charge is 0.416 e. The third-order valence-electron chi connectivity index (χ3n) is 5.55. The van der Waals surface area contributed by atoms with Gasteiger partial charge in [-0.15, -0.1) is 0 Å². The summed E-state index contributed by atoms with van der Waals surface area (Å²) in [7, 11) is 0. The highest BCUT2D eigenvalue weighted by atomic mass is 19.4. The molecule has 4 nitrogen and oxygen atoms in total. The van der Waals surface area contributed by atoms with Crippen molar-refractivity contribution in [1.82, 2.24) is 4.98 Å². The Balaban J connectivity index is 1.61. The van der Waals surface area contributed by atoms with Gasteiger partial charge in [-0.05, 0) is 35.9 Å². The molecule has 4 aromatic rings. The SMILES string of the molecule is O=C1OCc2cc(-c3[nH]c(Nc4cc(C(F)(F)F)cc(C(F)(F)F)c4)c4ccccc34)ccc21. The van der Waals surface area contributed by atoms with E-state index in [-0.39, 0.29) is 24.2 Å². The van der Waals surface area contributed by atoms with E-state index in [1.165, 1.54) is 0 Å². The molecular formula is C24H14F6N2O2. The number of hydrogen-bond acceptors (Lipinski definition) is 3. The Bertz CT molecular complexity index is 1400. The number of cyclic esters (lactones) is 1. The van der Waals surface area contributed by atoms with Crippen LogP contribution in [0.5, 0.6) is 0 Å². The van der Waals surface area contributed by atoms with Gasteiger partial charge in [-0.3, -0.25) is 0 Å². The second-order valence-corrected chi connectivity index (χ2v) is 7.79. The predicted octanol–water partition coefficient (Wildman–Crippen LogP) is 7.29. The third-order valence-corrected chi connectivity index (χ3v) is 5.55. The van der Waals surface area contributed by atoms with Crippen molar-refractivity contribution in [3.8, 4) is 11.3 Å². The van der Waals surface area contributed by atoms with E-state index < -0.39 is 29.4 Å². The number of esters is 1. The highest BCUT2D eigenvalue weighted by Crippen LogP contribution is 2.40. The van der Waals surface area contributed by atoms with Gasteiger partial charge < -0.3 is 15.0 Å². The molecule has 0 atom stereocenters. The number of anilines is 2. The molecule has 2 N–H and O–H groups in total. The molecule has 1 aromatic heterocycles. The summed E-state index contributed by atoms with van der Waals surface area (Å²) >= 11 is 0. The van der Waals surface area contributed by atoms with Crippen LogP contribution in [0, 0.1) is 0 Å². The molecule has 3 aromatic carbocycles. The van der Waals surface area contributed by atoms with E-state index in [2.05, 4.69) is 10.3 Å². The first-order valence-corrected chi connectivity index (χ1v) is 9.98. The number of alkyl halides is 6. The van der Waals surface area contributed by atoms with E-state index in [9.17, 15) is 31.1 Å². The summed E-state index contributed by atoms with van der Waals surface area (Å²) in [4.78, 5) is 14.8. The molecule has 0 spiro atoms. The molecule has 10 heteroatoms. The van der Waals surface area contributed by atoms with Crippen LogP contribution in [-0.2, 0) is 23.7 Å². The lowest BCUT2D eigenvalue weighted by atomic mass is 10.0.